The minimum Gasteiger partial charge on any atom is -0.483 e. The molecule has 0 aliphatic heterocycles. The van der Waals surface area contributed by atoms with Crippen LogP contribution in [0.5, 0.6) is 5.75 Å². The quantitative estimate of drug-likeness (QED) is 0.742. The van der Waals surface area contributed by atoms with Gasteiger partial charge in [-0.1, -0.05) is 18.2 Å². The molecule has 6 heteroatoms. The number of para-hydroxylation sites is 1. The summed E-state index contributed by atoms with van der Waals surface area (Å²) in [6, 6.07) is 7.33. The molecule has 1 aromatic carbocycles. The molecule has 0 bridgehead atoms. The van der Waals surface area contributed by atoms with Crippen LogP contribution in [0.15, 0.2) is 24.3 Å². The summed E-state index contributed by atoms with van der Waals surface area (Å²) in [4.78, 5) is 24.4. The van der Waals surface area contributed by atoms with E-state index in [1.54, 1.807) is 20.2 Å². The number of likely N-dealkylation sites (N-methyl/N-ethyl adjacent to an activating group) is 1. The fraction of sp³-hybridized carbons (Fsp3) is 0.429. The van der Waals surface area contributed by atoms with Gasteiger partial charge < -0.3 is 20.7 Å². The maximum Gasteiger partial charge on any atom is 0.260 e. The lowest BCUT2D eigenvalue weighted by Gasteiger charge is -2.17. The molecule has 0 radical (unpaired) electrons. The number of nitrogens with zero attached hydrogens (tertiary/aromatic N) is 1. The predicted octanol–water partition coefficient (Wildman–Crippen LogP) is 0.119. The number of rotatable bonds is 7. The van der Waals surface area contributed by atoms with E-state index < -0.39 is 0 Å². The summed E-state index contributed by atoms with van der Waals surface area (Å²) in [5.74, 6) is 0.336. The second-order valence-corrected chi connectivity index (χ2v) is 4.34. The molecule has 0 saturated carbocycles. The Morgan fingerprint density at radius 2 is 2.05 bits per heavy atom. The van der Waals surface area contributed by atoms with Crippen LogP contribution in [0, 0.1) is 0 Å². The number of hydrogen-bond donors (Lipinski definition) is 2. The smallest absolute Gasteiger partial charge is 0.260 e. The maximum absolute atomic E-state index is 11.9. The minimum absolute atomic E-state index is 0.0682. The molecule has 0 fully saturated rings. The van der Waals surface area contributed by atoms with Crippen LogP contribution in [0.3, 0.4) is 0 Å². The van der Waals surface area contributed by atoms with Gasteiger partial charge in [0.1, 0.15) is 5.75 Å². The standard InChI is InChI=1S/C14H21N3O3/c1-16-13(18)7-8-17(2)14(19)10-20-12-6-4-3-5-11(12)9-15/h3-6H,7-10,15H2,1-2H3,(H,16,18). The fourth-order valence-electron chi connectivity index (χ4n) is 1.58. The molecular formula is C14H21N3O3. The van der Waals surface area contributed by atoms with Gasteiger partial charge in [-0.25, -0.2) is 0 Å². The first-order valence-electron chi connectivity index (χ1n) is 6.43. The summed E-state index contributed by atoms with van der Waals surface area (Å²) in [7, 11) is 3.21. The van der Waals surface area contributed by atoms with Gasteiger partial charge in [0.2, 0.25) is 5.91 Å². The van der Waals surface area contributed by atoms with E-state index in [0.717, 1.165) is 5.56 Å². The van der Waals surface area contributed by atoms with E-state index in [1.165, 1.54) is 4.90 Å². The third-order valence-corrected chi connectivity index (χ3v) is 2.92. The van der Waals surface area contributed by atoms with E-state index in [1.807, 2.05) is 18.2 Å². The van der Waals surface area contributed by atoms with E-state index in [4.69, 9.17) is 10.5 Å². The van der Waals surface area contributed by atoms with E-state index in [2.05, 4.69) is 5.32 Å². The van der Waals surface area contributed by atoms with Crippen LogP contribution in [-0.4, -0.2) is 44.0 Å². The van der Waals surface area contributed by atoms with Gasteiger partial charge in [-0.2, -0.15) is 0 Å². The summed E-state index contributed by atoms with van der Waals surface area (Å²) < 4.78 is 5.47. The summed E-state index contributed by atoms with van der Waals surface area (Å²) in [5, 5.41) is 2.51. The van der Waals surface area contributed by atoms with Crippen molar-refractivity contribution in [1.82, 2.24) is 10.2 Å². The Labute approximate surface area is 118 Å². The number of nitrogens with one attached hydrogen (secondary N) is 1. The molecule has 0 aliphatic carbocycles. The zero-order chi connectivity index (χ0) is 15.0. The van der Waals surface area contributed by atoms with Crippen molar-refractivity contribution in [2.24, 2.45) is 5.73 Å². The lowest BCUT2D eigenvalue weighted by Crippen LogP contribution is -2.34. The summed E-state index contributed by atoms with van der Waals surface area (Å²) in [6.07, 6.45) is 0.276. The van der Waals surface area contributed by atoms with Gasteiger partial charge in [-0.3, -0.25) is 9.59 Å². The molecule has 0 heterocycles. The van der Waals surface area contributed by atoms with Crippen molar-refractivity contribution in [3.05, 3.63) is 29.8 Å². The Morgan fingerprint density at radius 1 is 1.35 bits per heavy atom. The Hall–Kier alpha value is -2.08. The van der Waals surface area contributed by atoms with Crippen molar-refractivity contribution < 1.29 is 14.3 Å². The lowest BCUT2D eigenvalue weighted by atomic mass is 10.2. The molecule has 3 N–H and O–H groups in total. The van der Waals surface area contributed by atoms with Crippen LogP contribution in [0.2, 0.25) is 0 Å². The number of ether oxygens (including phenoxy) is 1. The normalized spacial score (nSPS) is 9.95. The van der Waals surface area contributed by atoms with E-state index in [9.17, 15) is 9.59 Å². The first-order valence-corrected chi connectivity index (χ1v) is 6.43. The molecule has 110 valence electrons. The van der Waals surface area contributed by atoms with Gasteiger partial charge in [-0.05, 0) is 6.07 Å². The highest BCUT2D eigenvalue weighted by Gasteiger charge is 2.11. The maximum atomic E-state index is 11.9. The molecule has 0 unspecified atom stereocenters. The Balaban J connectivity index is 2.44. The van der Waals surface area contributed by atoms with Crippen LogP contribution >= 0.6 is 0 Å². The first kappa shape index (κ1) is 16.0. The minimum atomic E-state index is -0.180. The van der Waals surface area contributed by atoms with Crippen LogP contribution in [0.25, 0.3) is 0 Å². The average Bonchev–Trinajstić information content (AvgIpc) is 2.49. The second kappa shape index (κ2) is 8.16. The van der Waals surface area contributed by atoms with Gasteiger partial charge in [-0.15, -0.1) is 0 Å². The SMILES string of the molecule is CNC(=O)CCN(C)C(=O)COc1ccccc1CN. The molecule has 0 atom stereocenters. The van der Waals surface area contributed by atoms with Crippen molar-refractivity contribution in [3.8, 4) is 5.75 Å². The zero-order valence-corrected chi connectivity index (χ0v) is 11.9. The highest BCUT2D eigenvalue weighted by atomic mass is 16.5. The number of hydrogen-bond acceptors (Lipinski definition) is 4. The van der Waals surface area contributed by atoms with E-state index in [0.29, 0.717) is 18.8 Å². The van der Waals surface area contributed by atoms with Crippen molar-refractivity contribution >= 4 is 11.8 Å². The molecule has 0 aromatic heterocycles. The molecule has 2 amide bonds. The Kier molecular flexibility index (Phi) is 6.52. The highest BCUT2D eigenvalue weighted by Crippen LogP contribution is 2.16. The Morgan fingerprint density at radius 3 is 2.70 bits per heavy atom. The monoisotopic (exact) mass is 279 g/mol. The largest absolute Gasteiger partial charge is 0.483 e. The number of benzene rings is 1. The number of carbonyl (C=O) groups is 2. The van der Waals surface area contributed by atoms with E-state index >= 15 is 0 Å². The molecule has 0 aliphatic rings. The average molecular weight is 279 g/mol. The summed E-state index contributed by atoms with van der Waals surface area (Å²) in [5.41, 5.74) is 6.45. The van der Waals surface area contributed by atoms with Crippen LogP contribution < -0.4 is 15.8 Å². The molecule has 1 rings (SSSR count). The second-order valence-electron chi connectivity index (χ2n) is 4.34. The number of carbonyl (C=O) groups excluding carboxylic acids is 2. The van der Waals surface area contributed by atoms with Crippen molar-refractivity contribution in [2.45, 2.75) is 13.0 Å². The first-order chi connectivity index (χ1) is 9.58. The highest BCUT2D eigenvalue weighted by molar-refractivity contribution is 5.79. The van der Waals surface area contributed by atoms with Crippen molar-refractivity contribution in [3.63, 3.8) is 0 Å². The van der Waals surface area contributed by atoms with Crippen LogP contribution in [0.4, 0.5) is 0 Å². The third-order valence-electron chi connectivity index (χ3n) is 2.92. The van der Waals surface area contributed by atoms with Crippen LogP contribution in [0.1, 0.15) is 12.0 Å². The fourth-order valence-corrected chi connectivity index (χ4v) is 1.58. The van der Waals surface area contributed by atoms with Crippen molar-refractivity contribution in [2.75, 3.05) is 27.2 Å². The molecule has 0 saturated heterocycles. The number of nitrogens with two attached hydrogens (primary N) is 1. The van der Waals surface area contributed by atoms with Crippen LogP contribution in [-0.2, 0) is 16.1 Å². The van der Waals surface area contributed by atoms with Gasteiger partial charge in [0.05, 0.1) is 0 Å². The molecule has 1 aromatic rings. The third kappa shape index (κ3) is 4.89. The summed E-state index contributed by atoms with van der Waals surface area (Å²) >= 11 is 0. The molecule has 6 nitrogen and oxygen atoms in total. The predicted molar refractivity (Wildman–Crippen MR) is 76.1 cm³/mol. The van der Waals surface area contributed by atoms with Gasteiger partial charge in [0, 0.05) is 39.2 Å². The van der Waals surface area contributed by atoms with Gasteiger partial charge in [0.25, 0.3) is 5.91 Å². The lowest BCUT2D eigenvalue weighted by molar-refractivity contribution is -0.132. The zero-order valence-electron chi connectivity index (χ0n) is 11.9. The van der Waals surface area contributed by atoms with Gasteiger partial charge in [0.15, 0.2) is 6.61 Å². The van der Waals surface area contributed by atoms with Gasteiger partial charge >= 0.3 is 0 Å². The Bertz CT molecular complexity index is 463. The summed E-state index contributed by atoms with van der Waals surface area (Å²) in [6.45, 7) is 0.651. The van der Waals surface area contributed by atoms with Crippen molar-refractivity contribution in [1.29, 1.82) is 0 Å². The van der Waals surface area contributed by atoms with E-state index in [-0.39, 0.29) is 24.8 Å². The number of amides is 2. The molecular weight excluding hydrogens is 258 g/mol. The topological polar surface area (TPSA) is 84.7 Å². The molecule has 0 spiro atoms. The molecule has 20 heavy (non-hydrogen) atoms.